The van der Waals surface area contributed by atoms with Crippen molar-refractivity contribution in [3.63, 3.8) is 0 Å². The molecule has 0 atom stereocenters. The molecule has 2 rings (SSSR count). The van der Waals surface area contributed by atoms with Crippen LogP contribution in [0.3, 0.4) is 0 Å². The number of aryl methyl sites for hydroxylation is 1. The molecule has 88 valence electrons. The summed E-state index contributed by atoms with van der Waals surface area (Å²) in [5.74, 6) is 1.28. The molecule has 1 heterocycles. The van der Waals surface area contributed by atoms with Crippen LogP contribution in [0.2, 0.25) is 0 Å². The molecule has 4 nitrogen and oxygen atoms in total. The monoisotopic (exact) mass is 229 g/mol. The lowest BCUT2D eigenvalue weighted by atomic mass is 10.1. The molecule has 2 N–H and O–H groups in total. The predicted octanol–water partition coefficient (Wildman–Crippen LogP) is 2.16. The molecular weight excluding hydrogens is 214 g/mol. The normalized spacial score (nSPS) is 10.2. The summed E-state index contributed by atoms with van der Waals surface area (Å²) in [5, 5.41) is 0. The maximum Gasteiger partial charge on any atom is 0.237 e. The van der Waals surface area contributed by atoms with Gasteiger partial charge in [-0.15, -0.1) is 0 Å². The van der Waals surface area contributed by atoms with E-state index in [1.807, 2.05) is 18.2 Å². The minimum Gasteiger partial charge on any atom is -0.437 e. The molecule has 0 bridgehead atoms. The van der Waals surface area contributed by atoms with Crippen LogP contribution in [-0.2, 0) is 6.42 Å². The zero-order valence-corrected chi connectivity index (χ0v) is 9.54. The van der Waals surface area contributed by atoms with Crippen LogP contribution in [0, 0.1) is 0 Å². The van der Waals surface area contributed by atoms with E-state index in [1.54, 1.807) is 18.6 Å². The molecule has 0 aliphatic heterocycles. The topological polar surface area (TPSA) is 61.0 Å². The number of nitrogens with two attached hydrogens (primary N) is 1. The quantitative estimate of drug-likeness (QED) is 0.853. The highest BCUT2D eigenvalue weighted by molar-refractivity contribution is 5.31. The summed E-state index contributed by atoms with van der Waals surface area (Å²) in [6.45, 7) is 0.704. The Morgan fingerprint density at radius 2 is 2.18 bits per heavy atom. The maximum atomic E-state index is 5.59. The lowest BCUT2D eigenvalue weighted by molar-refractivity contribution is 0.459. The van der Waals surface area contributed by atoms with Crippen LogP contribution in [0.1, 0.15) is 12.0 Å². The van der Waals surface area contributed by atoms with Crippen LogP contribution < -0.4 is 10.5 Å². The van der Waals surface area contributed by atoms with E-state index in [0.29, 0.717) is 12.4 Å². The van der Waals surface area contributed by atoms with E-state index in [-0.39, 0.29) is 0 Å². The summed E-state index contributed by atoms with van der Waals surface area (Å²) in [6, 6.07) is 7.95. The Balaban J connectivity index is 2.06. The number of hydrogen-bond acceptors (Lipinski definition) is 4. The zero-order valence-electron chi connectivity index (χ0n) is 9.54. The number of ether oxygens (including phenoxy) is 1. The Bertz CT molecular complexity index is 459. The largest absolute Gasteiger partial charge is 0.437 e. The van der Waals surface area contributed by atoms with E-state index in [1.165, 1.54) is 5.56 Å². The van der Waals surface area contributed by atoms with Crippen LogP contribution in [0.5, 0.6) is 11.6 Å². The molecule has 1 aromatic carbocycles. The number of hydrogen-bond donors (Lipinski definition) is 1. The minimum absolute atomic E-state index is 0.503. The third-order valence-electron chi connectivity index (χ3n) is 2.33. The van der Waals surface area contributed by atoms with Gasteiger partial charge < -0.3 is 10.5 Å². The molecule has 1 aromatic heterocycles. The Morgan fingerprint density at radius 1 is 1.24 bits per heavy atom. The van der Waals surface area contributed by atoms with Gasteiger partial charge in [-0.3, -0.25) is 4.98 Å². The van der Waals surface area contributed by atoms with Crippen LogP contribution in [-0.4, -0.2) is 16.5 Å². The summed E-state index contributed by atoms with van der Waals surface area (Å²) >= 11 is 0. The van der Waals surface area contributed by atoms with Gasteiger partial charge in [0.2, 0.25) is 5.88 Å². The summed E-state index contributed by atoms with van der Waals surface area (Å²) in [5.41, 5.74) is 6.71. The number of nitrogens with zero attached hydrogens (tertiary/aromatic N) is 2. The van der Waals surface area contributed by atoms with Crippen molar-refractivity contribution in [2.45, 2.75) is 12.8 Å². The van der Waals surface area contributed by atoms with Crippen molar-refractivity contribution in [1.82, 2.24) is 9.97 Å². The standard InChI is InChI=1S/C13H15N3O/c14-6-2-4-11-3-1-5-12(9-11)17-13-10-15-7-8-16-13/h1,3,5,7-10H,2,4,6,14H2. The summed E-state index contributed by atoms with van der Waals surface area (Å²) in [4.78, 5) is 8.01. The van der Waals surface area contributed by atoms with Crippen LogP contribution in [0.25, 0.3) is 0 Å². The Hall–Kier alpha value is -1.94. The average molecular weight is 229 g/mol. The van der Waals surface area contributed by atoms with Crippen molar-refractivity contribution < 1.29 is 4.74 Å². The summed E-state index contributed by atoms with van der Waals surface area (Å²) in [7, 11) is 0. The predicted molar refractivity (Wildman–Crippen MR) is 65.9 cm³/mol. The maximum absolute atomic E-state index is 5.59. The second-order valence-corrected chi connectivity index (χ2v) is 3.69. The molecular formula is C13H15N3O. The fraction of sp³-hybridized carbons (Fsp3) is 0.231. The smallest absolute Gasteiger partial charge is 0.237 e. The van der Waals surface area contributed by atoms with E-state index < -0.39 is 0 Å². The molecule has 0 aliphatic rings. The van der Waals surface area contributed by atoms with Crippen LogP contribution in [0.4, 0.5) is 0 Å². The van der Waals surface area contributed by atoms with E-state index >= 15 is 0 Å². The van der Waals surface area contributed by atoms with Gasteiger partial charge in [-0.2, -0.15) is 0 Å². The molecule has 0 fully saturated rings. The molecule has 17 heavy (non-hydrogen) atoms. The van der Waals surface area contributed by atoms with Crippen molar-refractivity contribution in [2.24, 2.45) is 5.73 Å². The van der Waals surface area contributed by atoms with Gasteiger partial charge in [-0.25, -0.2) is 4.98 Å². The van der Waals surface area contributed by atoms with E-state index in [9.17, 15) is 0 Å². The summed E-state index contributed by atoms with van der Waals surface area (Å²) in [6.07, 6.45) is 6.76. The molecule has 0 saturated heterocycles. The van der Waals surface area contributed by atoms with E-state index in [4.69, 9.17) is 10.5 Å². The van der Waals surface area contributed by atoms with Gasteiger partial charge in [-0.05, 0) is 37.1 Å². The van der Waals surface area contributed by atoms with E-state index in [2.05, 4.69) is 16.0 Å². The summed E-state index contributed by atoms with van der Waals surface area (Å²) < 4.78 is 5.59. The van der Waals surface area contributed by atoms with Gasteiger partial charge >= 0.3 is 0 Å². The third kappa shape index (κ3) is 3.53. The van der Waals surface area contributed by atoms with Gasteiger partial charge in [0.05, 0.1) is 6.20 Å². The lowest BCUT2D eigenvalue weighted by Gasteiger charge is -2.06. The number of aromatic nitrogens is 2. The molecule has 0 amide bonds. The minimum atomic E-state index is 0.503. The molecule has 0 radical (unpaired) electrons. The number of rotatable bonds is 5. The first-order valence-corrected chi connectivity index (χ1v) is 5.61. The van der Waals surface area contributed by atoms with E-state index in [0.717, 1.165) is 18.6 Å². The SMILES string of the molecule is NCCCc1cccc(Oc2cnccn2)c1. The van der Waals surface area contributed by atoms with Crippen molar-refractivity contribution >= 4 is 0 Å². The highest BCUT2D eigenvalue weighted by Gasteiger charge is 1.99. The molecule has 4 heteroatoms. The third-order valence-corrected chi connectivity index (χ3v) is 2.33. The molecule has 2 aromatic rings. The average Bonchev–Trinajstić information content (AvgIpc) is 2.38. The first kappa shape index (κ1) is 11.5. The van der Waals surface area contributed by atoms with Crippen LogP contribution in [0.15, 0.2) is 42.9 Å². The first-order chi connectivity index (χ1) is 8.38. The Labute approximate surface area is 100 Å². The molecule has 0 aliphatic carbocycles. The Kier molecular flexibility index (Phi) is 4.05. The van der Waals surface area contributed by atoms with Gasteiger partial charge in [0.1, 0.15) is 5.75 Å². The number of benzene rings is 1. The molecule has 0 unspecified atom stereocenters. The van der Waals surface area contributed by atoms with Crippen molar-refractivity contribution in [2.75, 3.05) is 6.54 Å². The van der Waals surface area contributed by atoms with Gasteiger partial charge in [0.15, 0.2) is 0 Å². The second-order valence-electron chi connectivity index (χ2n) is 3.69. The highest BCUT2D eigenvalue weighted by atomic mass is 16.5. The van der Waals surface area contributed by atoms with Crippen molar-refractivity contribution in [1.29, 1.82) is 0 Å². The van der Waals surface area contributed by atoms with Gasteiger partial charge in [-0.1, -0.05) is 12.1 Å². The van der Waals surface area contributed by atoms with Gasteiger partial charge in [0, 0.05) is 12.4 Å². The zero-order chi connectivity index (χ0) is 11.9. The fourth-order valence-electron chi connectivity index (χ4n) is 1.53. The van der Waals surface area contributed by atoms with Crippen LogP contribution >= 0.6 is 0 Å². The van der Waals surface area contributed by atoms with Gasteiger partial charge in [0.25, 0.3) is 0 Å². The lowest BCUT2D eigenvalue weighted by Crippen LogP contribution is -2.00. The van der Waals surface area contributed by atoms with Crippen molar-refractivity contribution in [3.8, 4) is 11.6 Å². The second kappa shape index (κ2) is 5.96. The fourth-order valence-corrected chi connectivity index (χ4v) is 1.53. The molecule has 0 saturated carbocycles. The molecule has 0 spiro atoms. The Morgan fingerprint density at radius 3 is 2.94 bits per heavy atom. The first-order valence-electron chi connectivity index (χ1n) is 5.61. The van der Waals surface area contributed by atoms with Crippen molar-refractivity contribution in [3.05, 3.63) is 48.4 Å². The highest BCUT2D eigenvalue weighted by Crippen LogP contribution is 2.19.